The Labute approximate surface area is 207 Å². The molecular formula is C30H57N3. The summed E-state index contributed by atoms with van der Waals surface area (Å²) < 4.78 is 0. The van der Waals surface area contributed by atoms with Crippen molar-refractivity contribution in [1.82, 2.24) is 14.7 Å². The fourth-order valence-electron chi connectivity index (χ4n) is 8.18. The fraction of sp³-hybridized carbons (Fsp3) is 1.00. The molecule has 3 heteroatoms. The molecule has 4 rings (SSSR count). The smallest absolute Gasteiger partial charge is 0.0180 e. The zero-order valence-electron chi connectivity index (χ0n) is 24.6. The molecule has 0 amide bonds. The summed E-state index contributed by atoms with van der Waals surface area (Å²) in [5.41, 5.74) is 2.36. The molecule has 0 aromatic carbocycles. The predicted octanol–water partition coefficient (Wildman–Crippen LogP) is 6.66. The van der Waals surface area contributed by atoms with Crippen molar-refractivity contribution in [3.63, 3.8) is 0 Å². The quantitative estimate of drug-likeness (QED) is 0.439. The van der Waals surface area contributed by atoms with Crippen LogP contribution in [-0.2, 0) is 0 Å². The van der Waals surface area contributed by atoms with Crippen molar-refractivity contribution in [3.8, 4) is 0 Å². The largest absolute Gasteiger partial charge is 0.306 e. The molecule has 2 heterocycles. The van der Waals surface area contributed by atoms with Gasteiger partial charge in [-0.3, -0.25) is 9.80 Å². The lowest BCUT2D eigenvalue weighted by molar-refractivity contribution is 0.0198. The summed E-state index contributed by atoms with van der Waals surface area (Å²) in [5.74, 6) is 0. The molecule has 2 aliphatic heterocycles. The summed E-state index contributed by atoms with van der Waals surface area (Å²) in [4.78, 5) is 8.51. The minimum atomic E-state index is 0.261. The highest BCUT2D eigenvalue weighted by Gasteiger charge is 2.68. The first-order chi connectivity index (χ1) is 14.7. The maximum atomic E-state index is 2.91. The van der Waals surface area contributed by atoms with Crippen LogP contribution >= 0.6 is 0 Å². The topological polar surface area (TPSA) is 9.72 Å². The van der Waals surface area contributed by atoms with E-state index in [9.17, 15) is 0 Å². The van der Waals surface area contributed by atoms with E-state index in [1.54, 1.807) is 0 Å². The third kappa shape index (κ3) is 4.57. The fourth-order valence-corrected chi connectivity index (χ4v) is 8.18. The summed E-state index contributed by atoms with van der Waals surface area (Å²) in [6.45, 7) is 32.1. The molecule has 0 aromatic heterocycles. The Morgan fingerprint density at radius 3 is 1.76 bits per heavy atom. The highest BCUT2D eigenvalue weighted by atomic mass is 15.3. The molecule has 2 saturated heterocycles. The molecule has 0 bridgehead atoms. The molecule has 4 unspecified atom stereocenters. The normalized spacial score (nSPS) is 39.8. The van der Waals surface area contributed by atoms with Crippen molar-refractivity contribution in [1.29, 1.82) is 0 Å². The molecule has 2 saturated carbocycles. The SMILES string of the molecule is CN(CCC(C)(C)C1C[C@@]2(C)CC2N1C(C)(C)C)C[C@@]12CC(C(C)(C)C)N(C(C)(C)C)C1C2. The van der Waals surface area contributed by atoms with Gasteiger partial charge in [-0.15, -0.1) is 0 Å². The van der Waals surface area contributed by atoms with E-state index in [1.165, 1.54) is 45.2 Å². The number of hydrogen-bond donors (Lipinski definition) is 0. The first-order valence-electron chi connectivity index (χ1n) is 14.0. The average molecular weight is 460 g/mol. The summed E-state index contributed by atoms with van der Waals surface area (Å²) in [5, 5.41) is 0. The highest BCUT2D eigenvalue weighted by molar-refractivity contribution is 5.22. The van der Waals surface area contributed by atoms with Crippen LogP contribution in [0.15, 0.2) is 0 Å². The minimum absolute atomic E-state index is 0.261. The molecule has 4 aliphatic rings. The van der Waals surface area contributed by atoms with Gasteiger partial charge in [0.05, 0.1) is 0 Å². The standard InChI is InChI=1S/C30H57N3/c1-25(2,3)21-18-30(19-24(30)32(21)26(4,5)6)20-31(13)15-14-28(10,11)22-16-29(12)17-23(29)33(22)27(7,8)9/h21-24H,14-20H2,1-13H3/t21?,22?,23?,24?,29-,30-/m0/s1. The summed E-state index contributed by atoms with van der Waals surface area (Å²) >= 11 is 0. The van der Waals surface area contributed by atoms with E-state index in [1.807, 2.05) is 0 Å². The lowest BCUT2D eigenvalue weighted by atomic mass is 9.76. The maximum Gasteiger partial charge on any atom is 0.0180 e. The molecule has 0 radical (unpaired) electrons. The van der Waals surface area contributed by atoms with Gasteiger partial charge < -0.3 is 4.90 Å². The van der Waals surface area contributed by atoms with Crippen LogP contribution in [0.5, 0.6) is 0 Å². The second-order valence-corrected chi connectivity index (χ2v) is 16.9. The highest BCUT2D eigenvalue weighted by Crippen LogP contribution is 2.65. The third-order valence-electron chi connectivity index (χ3n) is 10.2. The Morgan fingerprint density at radius 1 is 0.727 bits per heavy atom. The van der Waals surface area contributed by atoms with E-state index in [0.717, 1.165) is 18.1 Å². The molecule has 33 heavy (non-hydrogen) atoms. The predicted molar refractivity (Wildman–Crippen MR) is 143 cm³/mol. The minimum Gasteiger partial charge on any atom is -0.306 e. The zero-order chi connectivity index (χ0) is 25.0. The van der Waals surface area contributed by atoms with Crippen LogP contribution in [0, 0.1) is 21.7 Å². The Kier molecular flexibility index (Phi) is 5.86. The summed E-state index contributed by atoms with van der Waals surface area (Å²) in [6.07, 6.45) is 6.90. The lowest BCUT2D eigenvalue weighted by Crippen LogP contribution is -2.53. The van der Waals surface area contributed by atoms with Crippen LogP contribution < -0.4 is 0 Å². The Morgan fingerprint density at radius 2 is 1.27 bits per heavy atom. The summed E-state index contributed by atoms with van der Waals surface area (Å²) in [7, 11) is 2.40. The molecular weight excluding hydrogens is 402 g/mol. The van der Waals surface area contributed by atoms with Gasteiger partial charge in [0, 0.05) is 47.2 Å². The molecule has 0 aromatic rings. The van der Waals surface area contributed by atoms with Crippen molar-refractivity contribution in [2.45, 2.75) is 150 Å². The third-order valence-corrected chi connectivity index (χ3v) is 10.2. The molecule has 0 spiro atoms. The first-order valence-corrected chi connectivity index (χ1v) is 14.0. The zero-order valence-corrected chi connectivity index (χ0v) is 24.6. The van der Waals surface area contributed by atoms with E-state index in [4.69, 9.17) is 0 Å². The van der Waals surface area contributed by atoms with Gasteiger partial charge in [0.2, 0.25) is 0 Å². The van der Waals surface area contributed by atoms with Gasteiger partial charge in [-0.2, -0.15) is 0 Å². The van der Waals surface area contributed by atoms with Crippen LogP contribution in [0.3, 0.4) is 0 Å². The van der Waals surface area contributed by atoms with Crippen molar-refractivity contribution in [2.75, 3.05) is 20.1 Å². The van der Waals surface area contributed by atoms with Crippen molar-refractivity contribution < 1.29 is 0 Å². The van der Waals surface area contributed by atoms with Gasteiger partial charge in [0.15, 0.2) is 0 Å². The number of fused-ring (bicyclic) bond motifs is 2. The van der Waals surface area contributed by atoms with Crippen LogP contribution in [0.4, 0.5) is 0 Å². The average Bonchev–Trinajstić information content (AvgIpc) is 3.38. The van der Waals surface area contributed by atoms with Gasteiger partial charge >= 0.3 is 0 Å². The monoisotopic (exact) mass is 459 g/mol. The van der Waals surface area contributed by atoms with Gasteiger partial charge in [0.1, 0.15) is 0 Å². The van der Waals surface area contributed by atoms with Gasteiger partial charge in [-0.25, -0.2) is 0 Å². The molecule has 6 atom stereocenters. The van der Waals surface area contributed by atoms with E-state index in [-0.39, 0.29) is 11.1 Å². The second kappa shape index (κ2) is 7.45. The molecule has 2 aliphatic carbocycles. The molecule has 0 N–H and O–H groups in total. The Hall–Kier alpha value is -0.120. The molecule has 4 fully saturated rings. The van der Waals surface area contributed by atoms with E-state index >= 15 is 0 Å². The number of rotatable bonds is 6. The van der Waals surface area contributed by atoms with Gasteiger partial charge in [0.25, 0.3) is 0 Å². The number of likely N-dealkylation sites (tertiary alicyclic amines) is 2. The van der Waals surface area contributed by atoms with E-state index in [0.29, 0.717) is 27.7 Å². The Balaban J connectivity index is 1.39. The van der Waals surface area contributed by atoms with E-state index < -0.39 is 0 Å². The van der Waals surface area contributed by atoms with Gasteiger partial charge in [-0.05, 0) is 103 Å². The number of piperidine rings is 2. The first kappa shape index (κ1) is 26.0. The van der Waals surface area contributed by atoms with Crippen LogP contribution in [0.2, 0.25) is 0 Å². The van der Waals surface area contributed by atoms with Crippen molar-refractivity contribution in [2.24, 2.45) is 21.7 Å². The second-order valence-electron chi connectivity index (χ2n) is 16.9. The van der Waals surface area contributed by atoms with Crippen molar-refractivity contribution in [3.05, 3.63) is 0 Å². The van der Waals surface area contributed by atoms with E-state index in [2.05, 4.69) is 105 Å². The Bertz CT molecular complexity index is 750. The molecule has 3 nitrogen and oxygen atoms in total. The molecule has 192 valence electrons. The maximum absolute atomic E-state index is 2.91. The number of hydrogen-bond acceptors (Lipinski definition) is 3. The van der Waals surface area contributed by atoms with Crippen molar-refractivity contribution >= 4 is 0 Å². The summed E-state index contributed by atoms with van der Waals surface area (Å²) in [6, 6.07) is 3.03. The van der Waals surface area contributed by atoms with Crippen LogP contribution in [-0.4, -0.2) is 70.1 Å². The number of nitrogens with zero attached hydrogens (tertiary/aromatic N) is 3. The van der Waals surface area contributed by atoms with Crippen LogP contribution in [0.1, 0.15) is 115 Å². The lowest BCUT2D eigenvalue weighted by Gasteiger charge is -2.47. The van der Waals surface area contributed by atoms with Crippen LogP contribution in [0.25, 0.3) is 0 Å². The van der Waals surface area contributed by atoms with Gasteiger partial charge in [-0.1, -0.05) is 41.5 Å².